The molecule has 262 valence electrons. The monoisotopic (exact) mass is 699 g/mol. The molecule has 0 unspecified atom stereocenters. The molecule has 5 amide bonds. The molecule has 0 saturated carbocycles. The van der Waals surface area contributed by atoms with E-state index in [1.54, 1.807) is 48.5 Å². The van der Waals surface area contributed by atoms with Gasteiger partial charge in [-0.05, 0) is 56.0 Å². The maximum absolute atomic E-state index is 13.9. The van der Waals surface area contributed by atoms with Gasteiger partial charge >= 0.3 is 0 Å². The highest BCUT2D eigenvalue weighted by Gasteiger charge is 2.49. The van der Waals surface area contributed by atoms with Crippen LogP contribution in [0.5, 0.6) is 0 Å². The molecular weight excluding hydrogens is 659 g/mol. The number of aliphatic hydroxyl groups is 1. The minimum atomic E-state index is -1.75. The van der Waals surface area contributed by atoms with Crippen LogP contribution in [0.15, 0.2) is 89.3 Å². The Morgan fingerprint density at radius 2 is 1.68 bits per heavy atom. The molecule has 2 heterocycles. The number of carbonyl (C=O) groups is 5. The van der Waals surface area contributed by atoms with Gasteiger partial charge in [0.1, 0.15) is 11.6 Å². The van der Waals surface area contributed by atoms with Gasteiger partial charge in [-0.1, -0.05) is 72.8 Å². The molecule has 1 saturated heterocycles. The van der Waals surface area contributed by atoms with Crippen LogP contribution in [0.1, 0.15) is 47.5 Å². The number of amides is 5. The molecule has 13 heteroatoms. The number of benzene rings is 3. The van der Waals surface area contributed by atoms with Crippen LogP contribution in [-0.2, 0) is 32.1 Å². The van der Waals surface area contributed by atoms with E-state index < -0.39 is 59.0 Å². The molecule has 12 nitrogen and oxygen atoms in total. The van der Waals surface area contributed by atoms with Gasteiger partial charge < -0.3 is 30.8 Å². The van der Waals surface area contributed by atoms with Crippen LogP contribution in [0.4, 0.5) is 0 Å². The van der Waals surface area contributed by atoms with Crippen LogP contribution in [0.25, 0.3) is 11.0 Å². The minimum Gasteiger partial charge on any atom is -0.451 e. The molecule has 1 aliphatic rings. The number of para-hydroxylation sites is 1. The lowest BCUT2D eigenvalue weighted by molar-refractivity contribution is -0.148. The molecule has 1 fully saturated rings. The average molecular weight is 700 g/mol. The normalized spacial score (nSPS) is 17.1. The van der Waals surface area contributed by atoms with E-state index in [1.807, 2.05) is 51.1 Å². The van der Waals surface area contributed by atoms with E-state index in [9.17, 15) is 29.1 Å². The summed E-state index contributed by atoms with van der Waals surface area (Å²) in [5, 5.41) is 20.0. The molecule has 1 aliphatic heterocycles. The van der Waals surface area contributed by atoms with Crippen molar-refractivity contribution in [2.24, 2.45) is 5.73 Å². The third kappa shape index (κ3) is 8.59. The maximum atomic E-state index is 13.9. The van der Waals surface area contributed by atoms with Crippen LogP contribution < -0.4 is 21.7 Å². The number of rotatable bonds is 12. The topological polar surface area (TPSA) is 184 Å². The Balaban J connectivity index is 1.26. The standard InChI is InChI=1S/C37H41N5O7S/c1-22-11-7-8-15-25(22)20-39-35(47)32-37(2,3)50-21-42(32)36(48)31(44)27(17-23-12-5-4-6-13-23)40-33(45)26(38)19-30(43)41-34(46)29-18-24-14-9-10-16-28(24)49-29/h4-16,18,26-27,31-32,44H,17,19-21,38H2,1-3H3,(H,39,47)(H,40,45)(H,41,43,46)/t26-,27-,31-,32+/m0/s1. The Morgan fingerprint density at radius 1 is 1.00 bits per heavy atom. The summed E-state index contributed by atoms with van der Waals surface area (Å²) >= 11 is 1.41. The molecule has 4 atom stereocenters. The highest BCUT2D eigenvalue weighted by molar-refractivity contribution is 8.00. The molecule has 0 bridgehead atoms. The summed E-state index contributed by atoms with van der Waals surface area (Å²) in [5.41, 5.74) is 9.24. The number of nitrogens with two attached hydrogens (primary N) is 1. The van der Waals surface area contributed by atoms with Gasteiger partial charge in [-0.25, -0.2) is 0 Å². The van der Waals surface area contributed by atoms with E-state index in [0.717, 1.165) is 16.7 Å². The SMILES string of the molecule is Cc1ccccc1CNC(=O)[C@H]1N(C(=O)[C@@H](O)[C@H](Cc2ccccc2)NC(=O)[C@@H](N)CC(=O)NC(=O)c2cc3ccccc3o2)CSC1(C)C. The second kappa shape index (κ2) is 15.7. The van der Waals surface area contributed by atoms with Crippen molar-refractivity contribution in [3.8, 4) is 0 Å². The van der Waals surface area contributed by atoms with Crippen molar-refractivity contribution in [2.75, 3.05) is 5.88 Å². The fraction of sp³-hybridized carbons (Fsp3) is 0.324. The van der Waals surface area contributed by atoms with E-state index >= 15 is 0 Å². The zero-order valence-electron chi connectivity index (χ0n) is 28.1. The van der Waals surface area contributed by atoms with Crippen LogP contribution >= 0.6 is 11.8 Å². The number of hydrogen-bond donors (Lipinski definition) is 5. The number of nitrogens with one attached hydrogen (secondary N) is 3. The first-order valence-electron chi connectivity index (χ1n) is 16.2. The third-order valence-corrected chi connectivity index (χ3v) is 10.1. The summed E-state index contributed by atoms with van der Waals surface area (Å²) in [6, 6.07) is 21.6. The lowest BCUT2D eigenvalue weighted by Crippen LogP contribution is -2.59. The summed E-state index contributed by atoms with van der Waals surface area (Å²) in [5.74, 6) is -3.44. The van der Waals surface area contributed by atoms with E-state index in [0.29, 0.717) is 11.0 Å². The Labute approximate surface area is 294 Å². The largest absolute Gasteiger partial charge is 0.451 e. The van der Waals surface area contributed by atoms with Gasteiger partial charge in [-0.15, -0.1) is 11.8 Å². The van der Waals surface area contributed by atoms with E-state index in [1.165, 1.54) is 22.7 Å². The molecular formula is C37H41N5O7S. The van der Waals surface area contributed by atoms with Crippen molar-refractivity contribution < 1.29 is 33.5 Å². The van der Waals surface area contributed by atoms with Gasteiger partial charge in [-0.2, -0.15) is 0 Å². The lowest BCUT2D eigenvalue weighted by Gasteiger charge is -2.33. The van der Waals surface area contributed by atoms with Gasteiger partial charge in [0.15, 0.2) is 11.9 Å². The number of aliphatic hydroxyl groups excluding tert-OH is 1. The van der Waals surface area contributed by atoms with Crippen LogP contribution in [0.3, 0.4) is 0 Å². The summed E-state index contributed by atoms with van der Waals surface area (Å²) < 4.78 is 4.82. The number of carbonyl (C=O) groups excluding carboxylic acids is 5. The highest BCUT2D eigenvalue weighted by atomic mass is 32.2. The molecule has 4 aromatic rings. The lowest BCUT2D eigenvalue weighted by atomic mass is 9.96. The molecule has 0 spiro atoms. The zero-order chi connectivity index (χ0) is 36.0. The predicted molar refractivity (Wildman–Crippen MR) is 190 cm³/mol. The van der Waals surface area contributed by atoms with Crippen molar-refractivity contribution in [1.29, 1.82) is 0 Å². The Hall–Kier alpha value is -4.98. The van der Waals surface area contributed by atoms with Gasteiger partial charge in [-0.3, -0.25) is 29.3 Å². The molecule has 6 N–H and O–H groups in total. The Bertz CT molecular complexity index is 1850. The number of hydrogen-bond acceptors (Lipinski definition) is 9. The number of aryl methyl sites for hydroxylation is 1. The number of nitrogens with zero attached hydrogens (tertiary/aromatic N) is 1. The first-order valence-corrected chi connectivity index (χ1v) is 17.2. The number of imide groups is 1. The molecule has 0 radical (unpaired) electrons. The van der Waals surface area contributed by atoms with Crippen molar-refractivity contribution >= 4 is 52.3 Å². The Kier molecular flexibility index (Phi) is 11.4. The van der Waals surface area contributed by atoms with Crippen molar-refractivity contribution in [1.82, 2.24) is 20.9 Å². The molecule has 3 aromatic carbocycles. The first-order chi connectivity index (χ1) is 23.8. The average Bonchev–Trinajstić information content (AvgIpc) is 3.67. The fourth-order valence-corrected chi connectivity index (χ4v) is 7.01. The quantitative estimate of drug-likeness (QED) is 0.148. The predicted octanol–water partition coefficient (Wildman–Crippen LogP) is 2.80. The number of fused-ring (bicyclic) bond motifs is 1. The number of furan rings is 1. The minimum absolute atomic E-state index is 0.0530. The van der Waals surface area contributed by atoms with Gasteiger partial charge in [0, 0.05) is 16.7 Å². The van der Waals surface area contributed by atoms with Crippen molar-refractivity contribution in [2.45, 2.75) is 69.1 Å². The summed E-state index contributed by atoms with van der Waals surface area (Å²) in [6.45, 7) is 5.95. The van der Waals surface area contributed by atoms with Gasteiger partial charge in [0.05, 0.1) is 24.4 Å². The molecule has 0 aliphatic carbocycles. The van der Waals surface area contributed by atoms with E-state index in [4.69, 9.17) is 10.2 Å². The smallest absolute Gasteiger partial charge is 0.293 e. The second-order valence-electron chi connectivity index (χ2n) is 12.8. The summed E-state index contributed by atoms with van der Waals surface area (Å²) in [7, 11) is 0. The Morgan fingerprint density at radius 3 is 2.40 bits per heavy atom. The first kappa shape index (κ1) is 36.3. The van der Waals surface area contributed by atoms with Crippen LogP contribution in [-0.4, -0.2) is 74.4 Å². The molecule has 1 aromatic heterocycles. The third-order valence-electron chi connectivity index (χ3n) is 8.70. The summed E-state index contributed by atoms with van der Waals surface area (Å²) in [4.78, 5) is 67.5. The molecule has 5 rings (SSSR count). The van der Waals surface area contributed by atoms with Gasteiger partial charge in [0.25, 0.3) is 11.8 Å². The van der Waals surface area contributed by atoms with Crippen LogP contribution in [0.2, 0.25) is 0 Å². The van der Waals surface area contributed by atoms with Gasteiger partial charge in [0.2, 0.25) is 17.7 Å². The fourth-order valence-electron chi connectivity index (χ4n) is 5.87. The van der Waals surface area contributed by atoms with E-state index in [-0.39, 0.29) is 30.5 Å². The zero-order valence-corrected chi connectivity index (χ0v) is 28.9. The molecule has 50 heavy (non-hydrogen) atoms. The van der Waals surface area contributed by atoms with Crippen LogP contribution in [0, 0.1) is 6.92 Å². The highest BCUT2D eigenvalue weighted by Crippen LogP contribution is 2.40. The maximum Gasteiger partial charge on any atom is 0.293 e. The van der Waals surface area contributed by atoms with Crippen molar-refractivity contribution in [3.63, 3.8) is 0 Å². The van der Waals surface area contributed by atoms with E-state index in [2.05, 4.69) is 16.0 Å². The van der Waals surface area contributed by atoms with Crippen molar-refractivity contribution in [3.05, 3.63) is 107 Å². The summed E-state index contributed by atoms with van der Waals surface area (Å²) in [6.07, 6.45) is -2.26. The second-order valence-corrected chi connectivity index (χ2v) is 14.4. The number of thioether (sulfide) groups is 1.